The smallest absolute Gasteiger partial charge is 0.0396 e. The van der Waals surface area contributed by atoms with Gasteiger partial charge in [0.25, 0.3) is 0 Å². The van der Waals surface area contributed by atoms with Gasteiger partial charge in [0, 0.05) is 37.2 Å². The first-order valence-corrected chi connectivity index (χ1v) is 7.17. The Morgan fingerprint density at radius 1 is 1.22 bits per heavy atom. The summed E-state index contributed by atoms with van der Waals surface area (Å²) >= 11 is 0. The van der Waals surface area contributed by atoms with Crippen molar-refractivity contribution in [2.75, 3.05) is 18.5 Å². The molecule has 0 atom stereocenters. The lowest BCUT2D eigenvalue weighted by Gasteiger charge is -2.36. The fraction of sp³-hybridized carbons (Fsp3) is 0.667. The lowest BCUT2D eigenvalue weighted by molar-refractivity contribution is 0.337. The largest absolute Gasteiger partial charge is 0.372 e. The van der Waals surface area contributed by atoms with Crippen molar-refractivity contribution >= 4 is 5.69 Å². The molecule has 1 aliphatic carbocycles. The molecule has 0 aromatic carbocycles. The summed E-state index contributed by atoms with van der Waals surface area (Å²) in [6, 6.07) is 5.63. The molecule has 1 aliphatic rings. The highest BCUT2D eigenvalue weighted by atomic mass is 15.1. The van der Waals surface area contributed by atoms with Crippen LogP contribution in [0, 0.1) is 0 Å². The number of hydrogen-bond donors (Lipinski definition) is 1. The van der Waals surface area contributed by atoms with Gasteiger partial charge in [-0.2, -0.15) is 0 Å². The van der Waals surface area contributed by atoms with Crippen LogP contribution in [0.4, 0.5) is 5.69 Å². The van der Waals surface area contributed by atoms with Crippen molar-refractivity contribution in [3.8, 4) is 0 Å². The Labute approximate surface area is 111 Å². The summed E-state index contributed by atoms with van der Waals surface area (Å²) in [5.41, 5.74) is 1.29. The molecule has 1 aromatic rings. The van der Waals surface area contributed by atoms with E-state index in [-0.39, 0.29) is 0 Å². The molecule has 1 heterocycles. The number of aromatic nitrogens is 1. The molecule has 3 heteroatoms. The van der Waals surface area contributed by atoms with E-state index < -0.39 is 0 Å². The van der Waals surface area contributed by atoms with Crippen LogP contribution in [0.25, 0.3) is 0 Å². The molecule has 0 radical (unpaired) electrons. The second-order valence-corrected chi connectivity index (χ2v) is 5.28. The van der Waals surface area contributed by atoms with Gasteiger partial charge < -0.3 is 10.2 Å². The number of pyridine rings is 1. The lowest BCUT2D eigenvalue weighted by Crippen LogP contribution is -2.41. The summed E-state index contributed by atoms with van der Waals surface area (Å²) in [5, 5.41) is 3.64. The van der Waals surface area contributed by atoms with Gasteiger partial charge in [0.2, 0.25) is 0 Å². The van der Waals surface area contributed by atoms with E-state index in [4.69, 9.17) is 0 Å². The molecule has 1 aromatic heterocycles. The Morgan fingerprint density at radius 2 is 1.89 bits per heavy atom. The van der Waals surface area contributed by atoms with E-state index in [0.717, 1.165) is 12.6 Å². The SMILES string of the molecule is CCCNC1CCC(N(C)c2ccncc2)CC1. The van der Waals surface area contributed by atoms with Gasteiger partial charge in [0.05, 0.1) is 0 Å². The van der Waals surface area contributed by atoms with Crippen molar-refractivity contribution in [3.05, 3.63) is 24.5 Å². The number of nitrogens with zero attached hydrogens (tertiary/aromatic N) is 2. The maximum atomic E-state index is 4.08. The predicted octanol–water partition coefficient (Wildman–Crippen LogP) is 2.83. The van der Waals surface area contributed by atoms with Gasteiger partial charge in [0.15, 0.2) is 0 Å². The van der Waals surface area contributed by atoms with Gasteiger partial charge in [-0.3, -0.25) is 4.98 Å². The molecule has 0 spiro atoms. The van der Waals surface area contributed by atoms with Gasteiger partial charge in [0.1, 0.15) is 0 Å². The number of rotatable bonds is 5. The number of anilines is 1. The Kier molecular flexibility index (Phi) is 5.00. The lowest BCUT2D eigenvalue weighted by atomic mass is 9.90. The highest BCUT2D eigenvalue weighted by Crippen LogP contribution is 2.25. The Bertz CT molecular complexity index is 331. The third kappa shape index (κ3) is 3.45. The molecule has 3 nitrogen and oxygen atoms in total. The van der Waals surface area contributed by atoms with Crippen LogP contribution >= 0.6 is 0 Å². The second-order valence-electron chi connectivity index (χ2n) is 5.28. The first-order chi connectivity index (χ1) is 8.81. The van der Waals surface area contributed by atoms with Crippen LogP contribution in [-0.4, -0.2) is 30.7 Å². The van der Waals surface area contributed by atoms with Gasteiger partial charge in [-0.05, 0) is 50.8 Å². The third-order valence-electron chi connectivity index (χ3n) is 4.00. The zero-order chi connectivity index (χ0) is 12.8. The highest BCUT2D eigenvalue weighted by Gasteiger charge is 2.23. The molecule has 1 fully saturated rings. The normalized spacial score (nSPS) is 23.9. The minimum atomic E-state index is 0.687. The molecule has 100 valence electrons. The van der Waals surface area contributed by atoms with Crippen LogP contribution in [-0.2, 0) is 0 Å². The molecule has 1 saturated carbocycles. The van der Waals surface area contributed by atoms with E-state index >= 15 is 0 Å². The van der Waals surface area contributed by atoms with Crippen LogP contribution in [0.1, 0.15) is 39.0 Å². The maximum Gasteiger partial charge on any atom is 0.0396 e. The van der Waals surface area contributed by atoms with Crippen LogP contribution in [0.2, 0.25) is 0 Å². The van der Waals surface area contributed by atoms with Crippen molar-refractivity contribution < 1.29 is 0 Å². The predicted molar refractivity (Wildman–Crippen MR) is 77.0 cm³/mol. The van der Waals surface area contributed by atoms with Crippen LogP contribution in [0.15, 0.2) is 24.5 Å². The fourth-order valence-electron chi connectivity index (χ4n) is 2.81. The van der Waals surface area contributed by atoms with Gasteiger partial charge in [-0.25, -0.2) is 0 Å². The zero-order valence-electron chi connectivity index (χ0n) is 11.6. The molecular formula is C15H25N3. The summed E-state index contributed by atoms with van der Waals surface area (Å²) in [5.74, 6) is 0. The second kappa shape index (κ2) is 6.74. The van der Waals surface area contributed by atoms with Crippen LogP contribution < -0.4 is 10.2 Å². The van der Waals surface area contributed by atoms with E-state index in [2.05, 4.69) is 41.3 Å². The van der Waals surface area contributed by atoms with E-state index in [0.29, 0.717) is 6.04 Å². The summed E-state index contributed by atoms with van der Waals surface area (Å²) in [7, 11) is 2.21. The minimum Gasteiger partial charge on any atom is -0.372 e. The number of hydrogen-bond acceptors (Lipinski definition) is 3. The van der Waals surface area contributed by atoms with Crippen molar-refractivity contribution in [2.45, 2.75) is 51.1 Å². The first-order valence-electron chi connectivity index (χ1n) is 7.17. The molecule has 0 amide bonds. The van der Waals surface area contributed by atoms with Crippen LogP contribution in [0.3, 0.4) is 0 Å². The molecule has 0 unspecified atom stereocenters. The van der Waals surface area contributed by atoms with Crippen LogP contribution in [0.5, 0.6) is 0 Å². The molecular weight excluding hydrogens is 222 g/mol. The summed E-state index contributed by atoms with van der Waals surface area (Å²) in [4.78, 5) is 6.50. The molecule has 0 aliphatic heterocycles. The maximum absolute atomic E-state index is 4.08. The van der Waals surface area contributed by atoms with Crippen molar-refractivity contribution in [1.29, 1.82) is 0 Å². The summed E-state index contributed by atoms with van der Waals surface area (Å²) in [6.45, 7) is 3.39. The average molecular weight is 247 g/mol. The summed E-state index contributed by atoms with van der Waals surface area (Å²) < 4.78 is 0. The topological polar surface area (TPSA) is 28.2 Å². The van der Waals surface area contributed by atoms with Crippen molar-refractivity contribution in [1.82, 2.24) is 10.3 Å². The average Bonchev–Trinajstić information content (AvgIpc) is 2.46. The van der Waals surface area contributed by atoms with E-state index in [1.807, 2.05) is 12.4 Å². The molecule has 2 rings (SSSR count). The Morgan fingerprint density at radius 3 is 2.50 bits per heavy atom. The molecule has 18 heavy (non-hydrogen) atoms. The van der Waals surface area contributed by atoms with E-state index in [1.54, 1.807) is 0 Å². The summed E-state index contributed by atoms with van der Waals surface area (Å²) in [6.07, 6.45) is 10.2. The highest BCUT2D eigenvalue weighted by molar-refractivity contribution is 5.44. The quantitative estimate of drug-likeness (QED) is 0.867. The third-order valence-corrected chi connectivity index (χ3v) is 4.00. The molecule has 0 bridgehead atoms. The van der Waals surface area contributed by atoms with Gasteiger partial charge in [-0.1, -0.05) is 6.92 Å². The Balaban J connectivity index is 1.82. The van der Waals surface area contributed by atoms with E-state index in [1.165, 1.54) is 37.8 Å². The minimum absolute atomic E-state index is 0.687. The monoisotopic (exact) mass is 247 g/mol. The van der Waals surface area contributed by atoms with Crippen molar-refractivity contribution in [2.24, 2.45) is 0 Å². The standard InChI is InChI=1S/C15H25N3/c1-3-10-17-13-4-6-14(7-5-13)18(2)15-8-11-16-12-9-15/h8-9,11-14,17H,3-7,10H2,1-2H3. The van der Waals surface area contributed by atoms with Gasteiger partial charge in [-0.15, -0.1) is 0 Å². The number of nitrogens with one attached hydrogen (secondary N) is 1. The fourth-order valence-corrected chi connectivity index (χ4v) is 2.81. The zero-order valence-corrected chi connectivity index (χ0v) is 11.6. The molecule has 0 saturated heterocycles. The molecule has 1 N–H and O–H groups in total. The van der Waals surface area contributed by atoms with Crippen molar-refractivity contribution in [3.63, 3.8) is 0 Å². The van der Waals surface area contributed by atoms with Gasteiger partial charge >= 0.3 is 0 Å². The van der Waals surface area contributed by atoms with E-state index in [9.17, 15) is 0 Å². The Hall–Kier alpha value is -1.09. The first kappa shape index (κ1) is 13.3.